The molecule has 0 bridgehead atoms. The van der Waals surface area contributed by atoms with Gasteiger partial charge in [-0.1, -0.05) is 31.1 Å². The summed E-state index contributed by atoms with van der Waals surface area (Å²) in [4.78, 5) is 6.52. The van der Waals surface area contributed by atoms with Crippen LogP contribution >= 0.6 is 0 Å². The van der Waals surface area contributed by atoms with Gasteiger partial charge in [0.1, 0.15) is 11.5 Å². The molecule has 0 spiro atoms. The van der Waals surface area contributed by atoms with Crippen LogP contribution in [0, 0.1) is 5.92 Å². The van der Waals surface area contributed by atoms with Crippen LogP contribution in [0.25, 0.3) is 11.2 Å². The van der Waals surface area contributed by atoms with E-state index in [1.807, 2.05) is 24.3 Å². The van der Waals surface area contributed by atoms with Crippen molar-refractivity contribution >= 4 is 17.0 Å². The summed E-state index contributed by atoms with van der Waals surface area (Å²) in [5.74, 6) is 1.87. The second-order valence-corrected chi connectivity index (χ2v) is 7.47. The maximum Gasteiger partial charge on any atom is 0.138 e. The first kappa shape index (κ1) is 18.3. The Hall–Kier alpha value is -2.49. The fourth-order valence-corrected chi connectivity index (χ4v) is 3.52. The van der Waals surface area contributed by atoms with E-state index in [1.165, 1.54) is 31.3 Å². The van der Waals surface area contributed by atoms with Crippen molar-refractivity contribution in [3.8, 4) is 0 Å². The van der Waals surface area contributed by atoms with E-state index in [0.29, 0.717) is 0 Å². The van der Waals surface area contributed by atoms with Gasteiger partial charge in [0.05, 0.1) is 6.20 Å². The van der Waals surface area contributed by atoms with E-state index < -0.39 is 0 Å². The Labute approximate surface area is 156 Å². The minimum atomic E-state index is 0.797. The average Bonchev–Trinajstić information content (AvgIpc) is 3.27. The third-order valence-corrected chi connectivity index (χ3v) is 4.96. The molecule has 2 aromatic rings. The fourth-order valence-electron chi connectivity index (χ4n) is 3.52. The van der Waals surface area contributed by atoms with Crippen LogP contribution in [0.5, 0.6) is 0 Å². The summed E-state index contributed by atoms with van der Waals surface area (Å²) in [5, 5.41) is 3.61. The maximum absolute atomic E-state index is 4.54. The topological polar surface area (TPSA) is 32.6 Å². The second-order valence-electron chi connectivity index (χ2n) is 7.47. The molecule has 4 heteroatoms. The number of nitrogens with one attached hydrogen (secondary N) is 1. The van der Waals surface area contributed by atoms with E-state index in [9.17, 15) is 0 Å². The monoisotopic (exact) mass is 350 g/mol. The number of hydrogen-bond donors (Lipinski definition) is 1. The van der Waals surface area contributed by atoms with Gasteiger partial charge in [-0.25, -0.2) is 4.98 Å². The number of allylic oxidation sites excluding steroid dienone is 3. The largest absolute Gasteiger partial charge is 0.370 e. The highest BCUT2D eigenvalue weighted by Gasteiger charge is 2.15. The van der Waals surface area contributed by atoms with Gasteiger partial charge in [0.25, 0.3) is 0 Å². The highest BCUT2D eigenvalue weighted by molar-refractivity contribution is 5.75. The lowest BCUT2D eigenvalue weighted by Gasteiger charge is -2.13. The van der Waals surface area contributed by atoms with Crippen molar-refractivity contribution in [2.75, 3.05) is 18.9 Å². The number of fused-ring (bicyclic) bond motifs is 1. The Morgan fingerprint density at radius 1 is 1.35 bits per heavy atom. The Morgan fingerprint density at radius 2 is 2.12 bits per heavy atom. The van der Waals surface area contributed by atoms with Gasteiger partial charge < -0.3 is 10.2 Å². The molecule has 0 aliphatic heterocycles. The van der Waals surface area contributed by atoms with Crippen molar-refractivity contribution in [2.45, 2.75) is 39.5 Å². The van der Waals surface area contributed by atoms with Crippen molar-refractivity contribution < 1.29 is 0 Å². The highest BCUT2D eigenvalue weighted by Crippen LogP contribution is 2.26. The SMILES string of the molecule is C=CN(C)/C=C(\C=C(C)C)c1ccc2ncc(NCC3CCCC3)n2c1. The lowest BCUT2D eigenvalue weighted by atomic mass is 10.1. The second kappa shape index (κ2) is 8.26. The Bertz CT molecular complexity index is 818. The molecular formula is C22H30N4. The zero-order chi connectivity index (χ0) is 18.5. The van der Waals surface area contributed by atoms with Crippen molar-refractivity contribution in [1.29, 1.82) is 0 Å². The number of hydrogen-bond acceptors (Lipinski definition) is 3. The summed E-state index contributed by atoms with van der Waals surface area (Å²) < 4.78 is 2.16. The first-order chi connectivity index (χ1) is 12.6. The summed E-state index contributed by atoms with van der Waals surface area (Å²) in [7, 11) is 2.00. The molecular weight excluding hydrogens is 320 g/mol. The smallest absolute Gasteiger partial charge is 0.138 e. The molecule has 1 N–H and O–H groups in total. The van der Waals surface area contributed by atoms with E-state index in [0.717, 1.165) is 35.1 Å². The van der Waals surface area contributed by atoms with Crippen LogP contribution in [-0.2, 0) is 0 Å². The first-order valence-corrected chi connectivity index (χ1v) is 9.49. The standard InChI is InChI=1S/C22H30N4/c1-5-25(4)15-20(12-17(2)3)19-10-11-21-24-14-22(26(21)16-19)23-13-18-8-6-7-9-18/h5,10-12,14-16,18,23H,1,6-9,13H2,2-4H3/b20-15+. The van der Waals surface area contributed by atoms with Crippen molar-refractivity contribution in [3.63, 3.8) is 0 Å². The normalized spacial score (nSPS) is 15.3. The van der Waals surface area contributed by atoms with Crippen LogP contribution in [0.1, 0.15) is 45.1 Å². The number of aromatic nitrogens is 2. The van der Waals surface area contributed by atoms with Gasteiger partial charge in [-0.05, 0) is 62.1 Å². The zero-order valence-electron chi connectivity index (χ0n) is 16.2. The van der Waals surface area contributed by atoms with Gasteiger partial charge in [0.15, 0.2) is 0 Å². The Kier molecular flexibility index (Phi) is 5.82. The van der Waals surface area contributed by atoms with Crippen LogP contribution in [0.4, 0.5) is 5.82 Å². The van der Waals surface area contributed by atoms with Crippen molar-refractivity contribution in [2.24, 2.45) is 5.92 Å². The molecule has 3 rings (SSSR count). The third-order valence-electron chi connectivity index (χ3n) is 4.96. The molecule has 0 aromatic carbocycles. The van der Waals surface area contributed by atoms with Gasteiger partial charge in [0.2, 0.25) is 0 Å². The molecule has 0 amide bonds. The van der Waals surface area contributed by atoms with E-state index >= 15 is 0 Å². The van der Waals surface area contributed by atoms with Gasteiger partial charge in [-0.2, -0.15) is 0 Å². The molecule has 138 valence electrons. The Morgan fingerprint density at radius 3 is 2.81 bits per heavy atom. The number of imidazole rings is 1. The molecule has 2 aromatic heterocycles. The quantitative estimate of drug-likeness (QED) is 0.686. The average molecular weight is 351 g/mol. The van der Waals surface area contributed by atoms with Crippen molar-refractivity contribution in [1.82, 2.24) is 14.3 Å². The molecule has 0 radical (unpaired) electrons. The van der Waals surface area contributed by atoms with E-state index in [2.05, 4.69) is 65.7 Å². The highest BCUT2D eigenvalue weighted by atomic mass is 15.1. The predicted octanol–water partition coefficient (Wildman–Crippen LogP) is 5.32. The van der Waals surface area contributed by atoms with Gasteiger partial charge in [0, 0.05) is 26.0 Å². The van der Waals surface area contributed by atoms with Crippen LogP contribution in [0.2, 0.25) is 0 Å². The molecule has 0 atom stereocenters. The molecule has 1 aliphatic rings. The number of nitrogens with zero attached hydrogens (tertiary/aromatic N) is 3. The van der Waals surface area contributed by atoms with Crippen LogP contribution in [-0.4, -0.2) is 27.9 Å². The number of anilines is 1. The zero-order valence-corrected chi connectivity index (χ0v) is 16.2. The van der Waals surface area contributed by atoms with Crippen LogP contribution in [0.3, 0.4) is 0 Å². The lowest BCUT2D eigenvalue weighted by molar-refractivity contribution is 0.578. The molecule has 2 heterocycles. The van der Waals surface area contributed by atoms with E-state index in [1.54, 1.807) is 0 Å². The summed E-state index contributed by atoms with van der Waals surface area (Å²) in [6.45, 7) is 9.11. The van der Waals surface area contributed by atoms with Crippen LogP contribution < -0.4 is 5.32 Å². The minimum absolute atomic E-state index is 0.797. The van der Waals surface area contributed by atoms with Gasteiger partial charge >= 0.3 is 0 Å². The minimum Gasteiger partial charge on any atom is -0.370 e. The molecule has 0 saturated heterocycles. The molecule has 0 unspecified atom stereocenters. The van der Waals surface area contributed by atoms with E-state index in [-0.39, 0.29) is 0 Å². The Balaban J connectivity index is 1.90. The summed E-state index contributed by atoms with van der Waals surface area (Å²) >= 11 is 0. The lowest BCUT2D eigenvalue weighted by Crippen LogP contribution is -2.12. The van der Waals surface area contributed by atoms with Crippen molar-refractivity contribution in [3.05, 3.63) is 60.7 Å². The van der Waals surface area contributed by atoms with Crippen LogP contribution in [0.15, 0.2) is 55.2 Å². The molecule has 26 heavy (non-hydrogen) atoms. The predicted molar refractivity (Wildman–Crippen MR) is 111 cm³/mol. The maximum atomic E-state index is 4.54. The van der Waals surface area contributed by atoms with E-state index in [4.69, 9.17) is 0 Å². The summed E-state index contributed by atoms with van der Waals surface area (Å²) in [5.41, 5.74) is 4.55. The summed E-state index contributed by atoms with van der Waals surface area (Å²) in [6.07, 6.45) is 15.6. The molecule has 1 fully saturated rings. The molecule has 4 nitrogen and oxygen atoms in total. The number of pyridine rings is 1. The summed E-state index contributed by atoms with van der Waals surface area (Å²) in [6, 6.07) is 4.21. The van der Waals surface area contributed by atoms with Gasteiger partial charge in [-0.3, -0.25) is 4.40 Å². The molecule has 1 aliphatic carbocycles. The fraction of sp³-hybridized carbons (Fsp3) is 0.409. The first-order valence-electron chi connectivity index (χ1n) is 9.49. The number of rotatable bonds is 7. The van der Waals surface area contributed by atoms with Gasteiger partial charge in [-0.15, -0.1) is 0 Å². The molecule has 1 saturated carbocycles. The third kappa shape index (κ3) is 4.37.